The number of fused-ring (bicyclic) bond motifs is 1. The zero-order valence-electron chi connectivity index (χ0n) is 20.4. The molecule has 0 aliphatic carbocycles. The van der Waals surface area contributed by atoms with Crippen LogP contribution < -0.4 is 4.90 Å². The first-order valence-corrected chi connectivity index (χ1v) is 12.0. The quantitative estimate of drug-likeness (QED) is 0.524. The van der Waals surface area contributed by atoms with Gasteiger partial charge in [-0.2, -0.15) is 5.10 Å². The van der Waals surface area contributed by atoms with E-state index in [-0.39, 0.29) is 24.2 Å². The molecule has 0 spiro atoms. The molecule has 182 valence electrons. The molecule has 1 amide bonds. The summed E-state index contributed by atoms with van der Waals surface area (Å²) < 4.78 is 20.4. The second-order valence-electron chi connectivity index (χ2n) is 8.92. The molecule has 34 heavy (non-hydrogen) atoms. The molecular formula is C25H33FN6O2. The molecule has 1 fully saturated rings. The highest BCUT2D eigenvalue weighted by atomic mass is 19.1. The summed E-state index contributed by atoms with van der Waals surface area (Å²) in [4.78, 5) is 26.5. The Kier molecular flexibility index (Phi) is 7.41. The number of benzene rings is 1. The summed E-state index contributed by atoms with van der Waals surface area (Å²) in [5.41, 5.74) is 2.30. The Morgan fingerprint density at radius 1 is 1.15 bits per heavy atom. The number of ether oxygens (including phenoxy) is 1. The SMILES string of the molecule is CCC[C@@H](C)c1nc(N2CCCN(C(=O)COC)CC2)c2c(C)nn(-c3ccc(F)cc3)c2n1. The van der Waals surface area contributed by atoms with E-state index in [0.717, 1.165) is 59.9 Å². The van der Waals surface area contributed by atoms with Crippen molar-refractivity contribution < 1.29 is 13.9 Å². The van der Waals surface area contributed by atoms with Crippen molar-refractivity contribution >= 4 is 22.8 Å². The van der Waals surface area contributed by atoms with Crippen molar-refractivity contribution in [1.29, 1.82) is 0 Å². The summed E-state index contributed by atoms with van der Waals surface area (Å²) in [5.74, 6) is 1.55. The van der Waals surface area contributed by atoms with E-state index >= 15 is 0 Å². The third-order valence-electron chi connectivity index (χ3n) is 6.35. The number of amides is 1. The summed E-state index contributed by atoms with van der Waals surface area (Å²) in [6, 6.07) is 6.29. The van der Waals surface area contributed by atoms with Crippen LogP contribution in [0.1, 0.15) is 50.5 Å². The number of hydrogen-bond donors (Lipinski definition) is 0. The summed E-state index contributed by atoms with van der Waals surface area (Å²) >= 11 is 0. The van der Waals surface area contributed by atoms with E-state index in [1.807, 2.05) is 11.8 Å². The number of aromatic nitrogens is 4. The predicted octanol–water partition coefficient (Wildman–Crippen LogP) is 3.85. The van der Waals surface area contributed by atoms with Gasteiger partial charge in [-0.3, -0.25) is 4.79 Å². The van der Waals surface area contributed by atoms with Crippen LogP contribution in [0.2, 0.25) is 0 Å². The fraction of sp³-hybridized carbons (Fsp3) is 0.520. The van der Waals surface area contributed by atoms with E-state index in [1.54, 1.807) is 23.9 Å². The van der Waals surface area contributed by atoms with Crippen molar-refractivity contribution in [3.63, 3.8) is 0 Å². The van der Waals surface area contributed by atoms with E-state index in [9.17, 15) is 9.18 Å². The van der Waals surface area contributed by atoms with Crippen LogP contribution >= 0.6 is 0 Å². The molecule has 3 aromatic rings. The lowest BCUT2D eigenvalue weighted by atomic mass is 10.1. The largest absolute Gasteiger partial charge is 0.375 e. The van der Waals surface area contributed by atoms with Crippen molar-refractivity contribution in [3.05, 3.63) is 41.6 Å². The predicted molar refractivity (Wildman–Crippen MR) is 130 cm³/mol. The van der Waals surface area contributed by atoms with Crippen LogP contribution in [-0.2, 0) is 9.53 Å². The Morgan fingerprint density at radius 2 is 1.91 bits per heavy atom. The Morgan fingerprint density at radius 3 is 2.62 bits per heavy atom. The number of anilines is 1. The third kappa shape index (κ3) is 4.89. The van der Waals surface area contributed by atoms with Gasteiger partial charge in [0.1, 0.15) is 24.1 Å². The van der Waals surface area contributed by atoms with Crippen molar-refractivity contribution in [3.8, 4) is 5.69 Å². The van der Waals surface area contributed by atoms with Crippen molar-refractivity contribution in [1.82, 2.24) is 24.6 Å². The minimum absolute atomic E-state index is 0.00903. The molecule has 1 saturated heterocycles. The van der Waals surface area contributed by atoms with Crippen molar-refractivity contribution in [2.24, 2.45) is 0 Å². The molecule has 0 N–H and O–H groups in total. The first-order valence-electron chi connectivity index (χ1n) is 12.0. The van der Waals surface area contributed by atoms with Gasteiger partial charge in [-0.25, -0.2) is 19.0 Å². The van der Waals surface area contributed by atoms with Gasteiger partial charge in [0, 0.05) is 39.2 Å². The number of halogens is 1. The molecule has 4 rings (SSSR count). The third-order valence-corrected chi connectivity index (χ3v) is 6.35. The van der Waals surface area contributed by atoms with Crippen LogP contribution in [-0.4, -0.2) is 70.5 Å². The molecule has 1 atom stereocenters. The number of carbonyl (C=O) groups excluding carboxylic acids is 1. The monoisotopic (exact) mass is 468 g/mol. The molecule has 0 radical (unpaired) electrons. The van der Waals surface area contributed by atoms with Gasteiger partial charge in [0.2, 0.25) is 5.91 Å². The fourth-order valence-corrected chi connectivity index (χ4v) is 4.55. The number of nitrogens with zero attached hydrogens (tertiary/aromatic N) is 6. The average molecular weight is 469 g/mol. The molecular weight excluding hydrogens is 435 g/mol. The zero-order valence-corrected chi connectivity index (χ0v) is 20.4. The van der Waals surface area contributed by atoms with Gasteiger partial charge in [0.15, 0.2) is 5.65 Å². The van der Waals surface area contributed by atoms with Gasteiger partial charge in [-0.1, -0.05) is 20.3 Å². The van der Waals surface area contributed by atoms with Gasteiger partial charge in [0.25, 0.3) is 0 Å². The number of aryl methyl sites for hydroxylation is 1. The first-order chi connectivity index (χ1) is 16.4. The van der Waals surface area contributed by atoms with E-state index in [1.165, 1.54) is 12.1 Å². The van der Waals surface area contributed by atoms with Crippen LogP contribution in [0.5, 0.6) is 0 Å². The van der Waals surface area contributed by atoms with E-state index < -0.39 is 0 Å². The lowest BCUT2D eigenvalue weighted by Crippen LogP contribution is -2.37. The topological polar surface area (TPSA) is 76.4 Å². The Labute approximate surface area is 199 Å². The molecule has 9 heteroatoms. The second kappa shape index (κ2) is 10.5. The highest BCUT2D eigenvalue weighted by Crippen LogP contribution is 2.32. The van der Waals surface area contributed by atoms with Gasteiger partial charge in [-0.05, 0) is 44.0 Å². The molecule has 0 bridgehead atoms. The van der Waals surface area contributed by atoms with Gasteiger partial charge < -0.3 is 14.5 Å². The number of hydrogen-bond acceptors (Lipinski definition) is 6. The number of carbonyl (C=O) groups is 1. The Balaban J connectivity index is 1.79. The number of rotatable bonds is 7. The maximum absolute atomic E-state index is 13.6. The van der Waals surface area contributed by atoms with Crippen molar-refractivity contribution in [2.45, 2.75) is 46.0 Å². The lowest BCUT2D eigenvalue weighted by molar-refractivity contribution is -0.134. The molecule has 0 unspecified atom stereocenters. The van der Waals surface area contributed by atoms with Gasteiger partial charge in [0.05, 0.1) is 16.8 Å². The van der Waals surface area contributed by atoms with Crippen LogP contribution in [0.25, 0.3) is 16.7 Å². The average Bonchev–Trinajstić information content (AvgIpc) is 2.99. The summed E-state index contributed by atoms with van der Waals surface area (Å²) in [7, 11) is 1.54. The minimum Gasteiger partial charge on any atom is -0.375 e. The van der Waals surface area contributed by atoms with Crippen LogP contribution in [0.4, 0.5) is 10.2 Å². The Bertz CT molecular complexity index is 1150. The standard InChI is InChI=1S/C25H33FN6O2/c1-5-7-17(2)23-27-24(31-13-6-12-30(14-15-31)21(33)16-34-4)22-18(3)29-32(25(22)28-23)20-10-8-19(26)9-11-20/h8-11,17H,5-7,12-16H2,1-4H3/t17-/m1/s1. The second-order valence-corrected chi connectivity index (χ2v) is 8.92. The highest BCUT2D eigenvalue weighted by Gasteiger charge is 2.26. The smallest absolute Gasteiger partial charge is 0.248 e. The molecule has 8 nitrogen and oxygen atoms in total. The molecule has 0 saturated carbocycles. The van der Waals surface area contributed by atoms with E-state index in [2.05, 4.69) is 18.7 Å². The summed E-state index contributed by atoms with van der Waals surface area (Å²) in [6.07, 6.45) is 2.86. The zero-order chi connectivity index (χ0) is 24.2. The molecule has 1 aliphatic rings. The van der Waals surface area contributed by atoms with E-state index in [0.29, 0.717) is 19.6 Å². The molecule has 1 aliphatic heterocycles. The van der Waals surface area contributed by atoms with Crippen LogP contribution in [0, 0.1) is 12.7 Å². The molecule has 1 aromatic carbocycles. The normalized spacial score (nSPS) is 15.6. The maximum atomic E-state index is 13.6. The van der Waals surface area contributed by atoms with E-state index in [4.69, 9.17) is 19.8 Å². The molecule has 3 heterocycles. The fourth-order valence-electron chi connectivity index (χ4n) is 4.55. The highest BCUT2D eigenvalue weighted by molar-refractivity contribution is 5.91. The Hall–Kier alpha value is -3.07. The van der Waals surface area contributed by atoms with Crippen LogP contribution in [0.3, 0.4) is 0 Å². The van der Waals surface area contributed by atoms with Crippen LogP contribution in [0.15, 0.2) is 24.3 Å². The van der Waals surface area contributed by atoms with Gasteiger partial charge >= 0.3 is 0 Å². The maximum Gasteiger partial charge on any atom is 0.248 e. The lowest BCUT2D eigenvalue weighted by Gasteiger charge is -2.24. The summed E-state index contributed by atoms with van der Waals surface area (Å²) in [6.45, 7) is 9.11. The van der Waals surface area contributed by atoms with Gasteiger partial charge in [-0.15, -0.1) is 0 Å². The summed E-state index contributed by atoms with van der Waals surface area (Å²) in [5, 5.41) is 5.66. The molecule has 2 aromatic heterocycles. The first kappa shape index (κ1) is 24.1. The minimum atomic E-state index is -0.290. The number of methoxy groups -OCH3 is 1. The van der Waals surface area contributed by atoms with Crippen molar-refractivity contribution in [2.75, 3.05) is 44.8 Å².